The molecular formula is C13H19ClN2O3. The van der Waals surface area contributed by atoms with Gasteiger partial charge in [-0.15, -0.1) is 12.4 Å². The minimum absolute atomic E-state index is 0. The third kappa shape index (κ3) is 4.45. The van der Waals surface area contributed by atoms with Gasteiger partial charge in [-0.05, 0) is 43.6 Å². The first-order valence-corrected chi connectivity index (χ1v) is 6.31. The summed E-state index contributed by atoms with van der Waals surface area (Å²) in [4.78, 5) is 12.3. The zero-order valence-corrected chi connectivity index (χ0v) is 11.5. The van der Waals surface area contributed by atoms with Gasteiger partial charge < -0.3 is 10.0 Å². The second kappa shape index (κ2) is 7.43. The van der Waals surface area contributed by atoms with Crippen molar-refractivity contribution in [1.82, 2.24) is 4.90 Å². The van der Waals surface area contributed by atoms with E-state index >= 15 is 0 Å². The summed E-state index contributed by atoms with van der Waals surface area (Å²) in [7, 11) is 0. The van der Waals surface area contributed by atoms with Crippen LogP contribution in [0.5, 0.6) is 0 Å². The van der Waals surface area contributed by atoms with Crippen molar-refractivity contribution in [2.24, 2.45) is 0 Å². The Bertz CT molecular complexity index is 405. The summed E-state index contributed by atoms with van der Waals surface area (Å²) < 4.78 is 0. The number of aliphatic hydroxyl groups is 1. The summed E-state index contributed by atoms with van der Waals surface area (Å²) in [5.74, 6) is 0. The van der Waals surface area contributed by atoms with Crippen molar-refractivity contribution in [3.63, 3.8) is 0 Å². The Morgan fingerprint density at radius 1 is 1.21 bits per heavy atom. The maximum absolute atomic E-state index is 10.5. The van der Waals surface area contributed by atoms with Gasteiger partial charge in [-0.25, -0.2) is 0 Å². The third-order valence-electron chi connectivity index (χ3n) is 3.37. The van der Waals surface area contributed by atoms with Crippen LogP contribution in [0.2, 0.25) is 0 Å². The van der Waals surface area contributed by atoms with E-state index < -0.39 is 11.0 Å². The molecule has 0 bridgehead atoms. The quantitative estimate of drug-likeness (QED) is 0.682. The molecule has 1 aromatic rings. The third-order valence-corrected chi connectivity index (χ3v) is 3.37. The van der Waals surface area contributed by atoms with Crippen molar-refractivity contribution >= 4 is 18.1 Å². The summed E-state index contributed by atoms with van der Waals surface area (Å²) >= 11 is 0. The zero-order valence-electron chi connectivity index (χ0n) is 10.7. The predicted molar refractivity (Wildman–Crippen MR) is 75.6 cm³/mol. The summed E-state index contributed by atoms with van der Waals surface area (Å²) in [5.41, 5.74) is 0.801. The van der Waals surface area contributed by atoms with E-state index in [-0.39, 0.29) is 18.1 Å². The van der Waals surface area contributed by atoms with Gasteiger partial charge in [0.05, 0.1) is 11.0 Å². The highest BCUT2D eigenvalue weighted by atomic mass is 35.5. The van der Waals surface area contributed by atoms with Crippen molar-refractivity contribution in [1.29, 1.82) is 0 Å². The molecule has 1 aliphatic heterocycles. The van der Waals surface area contributed by atoms with Gasteiger partial charge in [0.2, 0.25) is 0 Å². The maximum atomic E-state index is 10.5. The summed E-state index contributed by atoms with van der Waals surface area (Å²) in [5, 5.41) is 20.6. The first kappa shape index (κ1) is 15.9. The van der Waals surface area contributed by atoms with Crippen molar-refractivity contribution in [2.75, 3.05) is 19.6 Å². The van der Waals surface area contributed by atoms with Crippen LogP contribution in [0.3, 0.4) is 0 Å². The number of rotatable bonds is 4. The van der Waals surface area contributed by atoms with Gasteiger partial charge in [0.15, 0.2) is 0 Å². The van der Waals surface area contributed by atoms with Crippen LogP contribution in [0.15, 0.2) is 24.3 Å². The van der Waals surface area contributed by atoms with Crippen molar-refractivity contribution in [3.05, 3.63) is 39.9 Å². The first-order valence-electron chi connectivity index (χ1n) is 6.31. The molecule has 19 heavy (non-hydrogen) atoms. The normalized spacial score (nSPS) is 17.5. The van der Waals surface area contributed by atoms with Gasteiger partial charge in [-0.3, -0.25) is 10.1 Å². The highest BCUT2D eigenvalue weighted by Crippen LogP contribution is 2.20. The van der Waals surface area contributed by atoms with Gasteiger partial charge in [0.1, 0.15) is 0 Å². The Labute approximate surface area is 118 Å². The molecule has 2 rings (SSSR count). The number of benzene rings is 1. The van der Waals surface area contributed by atoms with E-state index in [0.29, 0.717) is 6.54 Å². The molecule has 1 saturated heterocycles. The number of hydrogen-bond acceptors (Lipinski definition) is 4. The van der Waals surface area contributed by atoms with Crippen LogP contribution in [0.4, 0.5) is 5.69 Å². The van der Waals surface area contributed by atoms with Gasteiger partial charge in [-0.1, -0.05) is 6.42 Å². The fraction of sp³-hybridized carbons (Fsp3) is 0.538. The highest BCUT2D eigenvalue weighted by Gasteiger charge is 2.16. The lowest BCUT2D eigenvalue weighted by molar-refractivity contribution is -0.384. The Kier molecular flexibility index (Phi) is 6.21. The second-order valence-corrected chi connectivity index (χ2v) is 4.73. The number of non-ortho nitro benzene ring substituents is 1. The van der Waals surface area contributed by atoms with E-state index in [1.165, 1.54) is 31.4 Å². The van der Waals surface area contributed by atoms with Gasteiger partial charge in [0.25, 0.3) is 5.69 Å². The van der Waals surface area contributed by atoms with E-state index in [2.05, 4.69) is 4.90 Å². The van der Waals surface area contributed by atoms with Crippen LogP contribution in [0, 0.1) is 10.1 Å². The van der Waals surface area contributed by atoms with E-state index in [0.717, 1.165) is 18.7 Å². The van der Waals surface area contributed by atoms with E-state index in [9.17, 15) is 15.2 Å². The standard InChI is InChI=1S/C13H18N2O3.ClH/c16-13(10-14-8-2-1-3-9-14)11-4-6-12(7-5-11)15(17)18;/h4-7,13,16H,1-3,8-10H2;1H. The minimum Gasteiger partial charge on any atom is -0.387 e. The van der Waals surface area contributed by atoms with E-state index in [1.807, 2.05) is 0 Å². The topological polar surface area (TPSA) is 66.6 Å². The number of nitro groups is 1. The number of piperidine rings is 1. The Morgan fingerprint density at radius 2 is 1.79 bits per heavy atom. The molecule has 0 spiro atoms. The largest absolute Gasteiger partial charge is 0.387 e. The molecule has 106 valence electrons. The number of hydrogen-bond donors (Lipinski definition) is 1. The van der Waals surface area contributed by atoms with Gasteiger partial charge in [-0.2, -0.15) is 0 Å². The van der Waals surface area contributed by atoms with Crippen LogP contribution < -0.4 is 0 Å². The Hall–Kier alpha value is -1.17. The molecule has 0 aliphatic carbocycles. The molecule has 1 fully saturated rings. The number of β-amino-alcohol motifs (C(OH)–C–C–N with tert-alkyl or cyclic N) is 1. The molecule has 0 radical (unpaired) electrons. The van der Waals surface area contributed by atoms with Crippen LogP contribution in [-0.4, -0.2) is 34.6 Å². The molecule has 1 aliphatic rings. The fourth-order valence-corrected chi connectivity index (χ4v) is 2.31. The maximum Gasteiger partial charge on any atom is 0.269 e. The molecule has 1 atom stereocenters. The molecule has 1 aromatic carbocycles. The summed E-state index contributed by atoms with van der Waals surface area (Å²) in [6.07, 6.45) is 3.08. The fourth-order valence-electron chi connectivity index (χ4n) is 2.31. The molecule has 6 heteroatoms. The Balaban J connectivity index is 0.00000180. The molecule has 1 unspecified atom stereocenters. The molecule has 1 N–H and O–H groups in total. The van der Waals surface area contributed by atoms with Crippen molar-refractivity contribution < 1.29 is 10.0 Å². The van der Waals surface area contributed by atoms with E-state index in [1.54, 1.807) is 12.1 Å². The van der Waals surface area contributed by atoms with Crippen LogP contribution in [-0.2, 0) is 0 Å². The number of nitro benzene ring substituents is 1. The zero-order chi connectivity index (χ0) is 13.0. The van der Waals surface area contributed by atoms with Crippen LogP contribution >= 0.6 is 12.4 Å². The first-order chi connectivity index (χ1) is 8.66. The predicted octanol–water partition coefficient (Wildman–Crippen LogP) is 2.54. The SMILES string of the molecule is Cl.O=[N+]([O-])c1ccc(C(O)CN2CCCCC2)cc1. The number of aliphatic hydroxyl groups excluding tert-OH is 1. The van der Waals surface area contributed by atoms with Crippen molar-refractivity contribution in [2.45, 2.75) is 25.4 Å². The van der Waals surface area contributed by atoms with Gasteiger partial charge in [0, 0.05) is 18.7 Å². The van der Waals surface area contributed by atoms with Gasteiger partial charge >= 0.3 is 0 Å². The number of likely N-dealkylation sites (tertiary alicyclic amines) is 1. The lowest BCUT2D eigenvalue weighted by Crippen LogP contribution is -2.33. The highest BCUT2D eigenvalue weighted by molar-refractivity contribution is 5.85. The van der Waals surface area contributed by atoms with Crippen molar-refractivity contribution in [3.8, 4) is 0 Å². The number of nitrogens with zero attached hydrogens (tertiary/aromatic N) is 2. The van der Waals surface area contributed by atoms with Crippen LogP contribution in [0.25, 0.3) is 0 Å². The monoisotopic (exact) mass is 286 g/mol. The Morgan fingerprint density at radius 3 is 2.32 bits per heavy atom. The summed E-state index contributed by atoms with van der Waals surface area (Å²) in [6, 6.07) is 6.14. The molecular weight excluding hydrogens is 268 g/mol. The van der Waals surface area contributed by atoms with E-state index in [4.69, 9.17) is 0 Å². The molecule has 0 saturated carbocycles. The minimum atomic E-state index is -0.566. The average Bonchev–Trinajstić information content (AvgIpc) is 2.40. The lowest BCUT2D eigenvalue weighted by atomic mass is 10.1. The average molecular weight is 287 g/mol. The molecule has 0 amide bonds. The molecule has 0 aromatic heterocycles. The second-order valence-electron chi connectivity index (χ2n) is 4.73. The van der Waals surface area contributed by atoms with Crippen LogP contribution in [0.1, 0.15) is 30.9 Å². The smallest absolute Gasteiger partial charge is 0.269 e. The molecule has 5 nitrogen and oxygen atoms in total. The summed E-state index contributed by atoms with van der Waals surface area (Å²) in [6.45, 7) is 2.67. The molecule has 1 heterocycles. The lowest BCUT2D eigenvalue weighted by Gasteiger charge is -2.28. The number of halogens is 1.